The maximum atomic E-state index is 2.44. The van der Waals surface area contributed by atoms with Crippen LogP contribution in [-0.4, -0.2) is 51.5 Å². The molecule has 0 spiro atoms. The molecule has 1 aliphatic carbocycles. The van der Waals surface area contributed by atoms with E-state index in [-0.39, 0.29) is 0 Å². The SMILES string of the molecule is CN(C)B1C(CCC2=CC=CC2)B(N(C)C)C1(C)C. The van der Waals surface area contributed by atoms with Crippen LogP contribution in [0.2, 0.25) is 10.9 Å². The number of hydrogen-bond acceptors (Lipinski definition) is 2. The highest BCUT2D eigenvalue weighted by Gasteiger charge is 2.62. The monoisotopic (exact) mass is 258 g/mol. The van der Waals surface area contributed by atoms with Crippen molar-refractivity contribution >= 4 is 13.7 Å². The van der Waals surface area contributed by atoms with E-state index in [0.29, 0.717) is 18.9 Å². The van der Waals surface area contributed by atoms with Crippen molar-refractivity contribution in [3.8, 4) is 0 Å². The predicted octanol–water partition coefficient (Wildman–Crippen LogP) is 3.00. The van der Waals surface area contributed by atoms with Crippen LogP contribution in [0.1, 0.15) is 33.1 Å². The molecule has 0 aromatic heterocycles. The van der Waals surface area contributed by atoms with E-state index < -0.39 is 0 Å². The lowest BCUT2D eigenvalue weighted by atomic mass is 8.98. The summed E-state index contributed by atoms with van der Waals surface area (Å²) in [6.07, 6.45) is 10.5. The molecule has 2 nitrogen and oxygen atoms in total. The first kappa shape index (κ1) is 14.9. The normalized spacial score (nSPS) is 22.4. The number of rotatable bonds is 5. The van der Waals surface area contributed by atoms with Crippen molar-refractivity contribution in [2.45, 2.75) is 44.0 Å². The smallest absolute Gasteiger partial charge is 0.219 e. The van der Waals surface area contributed by atoms with Crippen LogP contribution in [0.4, 0.5) is 0 Å². The maximum absolute atomic E-state index is 2.44. The van der Waals surface area contributed by atoms with Crippen LogP contribution in [-0.2, 0) is 0 Å². The van der Waals surface area contributed by atoms with Crippen LogP contribution < -0.4 is 0 Å². The zero-order valence-corrected chi connectivity index (χ0v) is 13.5. The molecule has 1 aliphatic heterocycles. The molecule has 0 atom stereocenters. The van der Waals surface area contributed by atoms with Gasteiger partial charge in [-0.2, -0.15) is 0 Å². The molecule has 0 N–H and O–H groups in total. The fraction of sp³-hybridized carbons (Fsp3) is 0.733. The van der Waals surface area contributed by atoms with Gasteiger partial charge in [0.1, 0.15) is 0 Å². The highest BCUT2D eigenvalue weighted by Crippen LogP contribution is 2.55. The number of hydrogen-bond donors (Lipinski definition) is 0. The van der Waals surface area contributed by atoms with Crippen molar-refractivity contribution in [1.29, 1.82) is 0 Å². The van der Waals surface area contributed by atoms with Gasteiger partial charge in [-0.15, -0.1) is 0 Å². The fourth-order valence-electron chi connectivity index (χ4n) is 4.77. The minimum Gasteiger partial charge on any atom is -0.348 e. The van der Waals surface area contributed by atoms with Gasteiger partial charge in [0.15, 0.2) is 0 Å². The quantitative estimate of drug-likeness (QED) is 0.699. The Morgan fingerprint density at radius 2 is 1.74 bits per heavy atom. The second-order valence-corrected chi connectivity index (χ2v) is 7.30. The lowest BCUT2D eigenvalue weighted by molar-refractivity contribution is 0.500. The van der Waals surface area contributed by atoms with Crippen molar-refractivity contribution in [1.82, 2.24) is 9.62 Å². The molecule has 4 heteroatoms. The van der Waals surface area contributed by atoms with E-state index >= 15 is 0 Å². The summed E-state index contributed by atoms with van der Waals surface area (Å²) in [5.74, 6) is 0. The van der Waals surface area contributed by atoms with Crippen LogP contribution in [0.15, 0.2) is 23.8 Å². The summed E-state index contributed by atoms with van der Waals surface area (Å²) in [4.78, 5) is 4.87. The van der Waals surface area contributed by atoms with Gasteiger partial charge in [-0.25, -0.2) is 0 Å². The van der Waals surface area contributed by atoms with Gasteiger partial charge in [0.05, 0.1) is 0 Å². The average molecular weight is 258 g/mol. The molecule has 0 unspecified atom stereocenters. The first-order valence-corrected chi connectivity index (χ1v) is 7.53. The molecule has 1 fully saturated rings. The summed E-state index contributed by atoms with van der Waals surface area (Å²) < 4.78 is 0. The molecular weight excluding hydrogens is 230 g/mol. The van der Waals surface area contributed by atoms with Crippen molar-refractivity contribution in [3.63, 3.8) is 0 Å². The van der Waals surface area contributed by atoms with Crippen LogP contribution in [0.3, 0.4) is 0 Å². The van der Waals surface area contributed by atoms with Gasteiger partial charge >= 0.3 is 0 Å². The Morgan fingerprint density at radius 1 is 1.16 bits per heavy atom. The molecule has 2 aliphatic rings. The van der Waals surface area contributed by atoms with E-state index in [4.69, 9.17) is 0 Å². The molecule has 2 rings (SSSR count). The molecule has 19 heavy (non-hydrogen) atoms. The van der Waals surface area contributed by atoms with Crippen LogP contribution in [0.25, 0.3) is 0 Å². The zero-order chi connectivity index (χ0) is 14.2. The minimum atomic E-state index is 0.389. The van der Waals surface area contributed by atoms with E-state index in [1.54, 1.807) is 5.57 Å². The van der Waals surface area contributed by atoms with Crippen molar-refractivity contribution in [2.75, 3.05) is 28.2 Å². The lowest BCUT2D eigenvalue weighted by Crippen LogP contribution is -2.71. The lowest BCUT2D eigenvalue weighted by Gasteiger charge is -2.59. The van der Waals surface area contributed by atoms with E-state index in [0.717, 1.165) is 5.72 Å². The minimum absolute atomic E-state index is 0.389. The Balaban J connectivity index is 2.02. The van der Waals surface area contributed by atoms with Crippen molar-refractivity contribution in [3.05, 3.63) is 23.8 Å². The molecule has 0 bridgehead atoms. The standard InChI is InChI=1S/C15H28B2N2/c1-15(2)16(18(3)4)14(17(15)19(5)6)12-11-13-9-7-8-10-13/h7-9,14H,10-12H2,1-6H3. The van der Waals surface area contributed by atoms with Gasteiger partial charge in [-0.1, -0.05) is 49.8 Å². The Hall–Kier alpha value is -0.470. The molecule has 0 amide bonds. The molecule has 0 radical (unpaired) electrons. The van der Waals surface area contributed by atoms with Gasteiger partial charge in [0.2, 0.25) is 13.7 Å². The van der Waals surface area contributed by atoms with Gasteiger partial charge < -0.3 is 9.62 Å². The van der Waals surface area contributed by atoms with Crippen LogP contribution >= 0.6 is 0 Å². The fourth-order valence-corrected chi connectivity index (χ4v) is 4.77. The first-order chi connectivity index (χ1) is 8.85. The highest BCUT2D eigenvalue weighted by atomic mass is 15.1. The second-order valence-electron chi connectivity index (χ2n) is 7.30. The third-order valence-corrected chi connectivity index (χ3v) is 5.10. The Labute approximate surface area is 120 Å². The highest BCUT2D eigenvalue weighted by molar-refractivity contribution is 6.99. The Morgan fingerprint density at radius 3 is 2.16 bits per heavy atom. The van der Waals surface area contributed by atoms with Crippen molar-refractivity contribution < 1.29 is 0 Å². The Bertz CT molecular complexity index is 368. The van der Waals surface area contributed by atoms with Gasteiger partial charge in [0.25, 0.3) is 0 Å². The molecule has 1 saturated heterocycles. The predicted molar refractivity (Wildman–Crippen MR) is 87.7 cm³/mol. The summed E-state index contributed by atoms with van der Waals surface area (Å²) in [5, 5.41) is 0.389. The Kier molecular flexibility index (Phi) is 4.32. The van der Waals surface area contributed by atoms with Gasteiger partial charge in [-0.05, 0) is 46.2 Å². The summed E-state index contributed by atoms with van der Waals surface area (Å²) in [5.41, 5.74) is 2.40. The third-order valence-electron chi connectivity index (χ3n) is 5.10. The summed E-state index contributed by atoms with van der Waals surface area (Å²) in [7, 11) is 8.95. The van der Waals surface area contributed by atoms with Gasteiger partial charge in [0, 0.05) is 0 Å². The van der Waals surface area contributed by atoms with Crippen LogP contribution in [0, 0.1) is 0 Å². The van der Waals surface area contributed by atoms with E-state index in [1.165, 1.54) is 19.3 Å². The van der Waals surface area contributed by atoms with E-state index in [1.807, 2.05) is 0 Å². The van der Waals surface area contributed by atoms with E-state index in [2.05, 4.69) is 69.9 Å². The average Bonchev–Trinajstić information content (AvgIpc) is 2.74. The summed E-state index contributed by atoms with van der Waals surface area (Å²) in [6, 6.07) is 0. The molecule has 104 valence electrons. The molecule has 0 aromatic rings. The van der Waals surface area contributed by atoms with Crippen LogP contribution in [0.5, 0.6) is 0 Å². The summed E-state index contributed by atoms with van der Waals surface area (Å²) >= 11 is 0. The van der Waals surface area contributed by atoms with Crippen molar-refractivity contribution in [2.24, 2.45) is 0 Å². The largest absolute Gasteiger partial charge is 0.348 e. The molecule has 1 heterocycles. The number of nitrogens with zero attached hydrogens (tertiary/aromatic N) is 2. The third kappa shape index (κ3) is 2.71. The van der Waals surface area contributed by atoms with E-state index in [9.17, 15) is 0 Å². The second kappa shape index (κ2) is 5.49. The number of allylic oxidation sites excluding steroid dienone is 4. The molecular formula is C15H28B2N2. The topological polar surface area (TPSA) is 6.48 Å². The molecule has 0 aromatic carbocycles. The zero-order valence-electron chi connectivity index (χ0n) is 13.5. The summed E-state index contributed by atoms with van der Waals surface area (Å²) in [6.45, 7) is 6.26. The maximum Gasteiger partial charge on any atom is 0.219 e. The first-order valence-electron chi connectivity index (χ1n) is 7.53. The van der Waals surface area contributed by atoms with Gasteiger partial charge in [-0.3, -0.25) is 0 Å². The molecule has 0 saturated carbocycles.